The Kier molecular flexibility index (Phi) is 4.51. The Hall–Kier alpha value is -1.36. The van der Waals surface area contributed by atoms with Crippen molar-refractivity contribution in [3.63, 3.8) is 0 Å². The van der Waals surface area contributed by atoms with Crippen LogP contribution < -0.4 is 0 Å². The van der Waals surface area contributed by atoms with Gasteiger partial charge < -0.3 is 10.0 Å². The van der Waals surface area contributed by atoms with E-state index in [0.29, 0.717) is 5.56 Å². The Balaban J connectivity index is 2.94. The van der Waals surface area contributed by atoms with Gasteiger partial charge in [0.2, 0.25) is 0 Å². The topological polar surface area (TPSA) is 57.6 Å². The van der Waals surface area contributed by atoms with Crippen LogP contribution >= 0.6 is 11.3 Å². The largest absolute Gasteiger partial charge is 0.481 e. The van der Waals surface area contributed by atoms with E-state index in [0.717, 1.165) is 5.56 Å². The second kappa shape index (κ2) is 5.52. The quantitative estimate of drug-likeness (QED) is 0.914. The van der Waals surface area contributed by atoms with E-state index < -0.39 is 5.97 Å². The van der Waals surface area contributed by atoms with Crippen molar-refractivity contribution in [3.05, 3.63) is 21.9 Å². The molecule has 4 nitrogen and oxygen atoms in total. The molecule has 0 aliphatic rings. The molecule has 18 heavy (non-hydrogen) atoms. The maximum Gasteiger partial charge on any atom is 0.305 e. The first-order chi connectivity index (χ1) is 8.23. The van der Waals surface area contributed by atoms with Crippen LogP contribution in [-0.4, -0.2) is 34.0 Å². The van der Waals surface area contributed by atoms with E-state index in [9.17, 15) is 9.59 Å². The van der Waals surface area contributed by atoms with E-state index in [4.69, 9.17) is 5.11 Å². The molecule has 0 atom stereocenters. The Bertz CT molecular complexity index is 445. The van der Waals surface area contributed by atoms with Crippen LogP contribution in [0.5, 0.6) is 0 Å². The van der Waals surface area contributed by atoms with Crippen LogP contribution in [0.2, 0.25) is 0 Å². The average Bonchev–Trinajstić information content (AvgIpc) is 2.61. The smallest absolute Gasteiger partial charge is 0.305 e. The van der Waals surface area contributed by atoms with E-state index in [1.165, 1.54) is 11.3 Å². The maximum absolute atomic E-state index is 12.4. The van der Waals surface area contributed by atoms with Gasteiger partial charge >= 0.3 is 5.97 Å². The summed E-state index contributed by atoms with van der Waals surface area (Å²) < 4.78 is 0. The fourth-order valence-electron chi connectivity index (χ4n) is 1.67. The summed E-state index contributed by atoms with van der Waals surface area (Å²) in [5, 5.41) is 12.5. The molecule has 0 radical (unpaired) electrons. The second-order valence-corrected chi connectivity index (χ2v) is 5.98. The molecule has 0 saturated heterocycles. The number of carboxylic acid groups (broad SMARTS) is 1. The summed E-state index contributed by atoms with van der Waals surface area (Å²) in [6, 6.07) is 0. The molecule has 0 spiro atoms. The SMILES string of the molecule is Cc1cscc1C(=O)N(CCC(=O)O)C(C)(C)C. The molecule has 1 rings (SSSR count). The van der Waals surface area contributed by atoms with Gasteiger partial charge in [-0.05, 0) is 38.6 Å². The van der Waals surface area contributed by atoms with Gasteiger partial charge in [-0.25, -0.2) is 0 Å². The van der Waals surface area contributed by atoms with Crippen molar-refractivity contribution in [2.24, 2.45) is 0 Å². The Morgan fingerprint density at radius 2 is 1.94 bits per heavy atom. The van der Waals surface area contributed by atoms with Gasteiger partial charge in [0, 0.05) is 17.5 Å². The molecular formula is C13H19NO3S. The average molecular weight is 269 g/mol. The standard InChI is InChI=1S/C13H19NO3S/c1-9-7-18-8-10(9)12(17)14(13(2,3)4)6-5-11(15)16/h7-8H,5-6H2,1-4H3,(H,15,16). The molecule has 0 aliphatic carbocycles. The lowest BCUT2D eigenvalue weighted by molar-refractivity contribution is -0.137. The van der Waals surface area contributed by atoms with E-state index >= 15 is 0 Å². The normalized spacial score (nSPS) is 11.3. The number of nitrogens with zero attached hydrogens (tertiary/aromatic N) is 1. The van der Waals surface area contributed by atoms with Gasteiger partial charge in [-0.2, -0.15) is 11.3 Å². The van der Waals surface area contributed by atoms with Gasteiger partial charge in [-0.1, -0.05) is 0 Å². The predicted molar refractivity (Wildman–Crippen MR) is 72.1 cm³/mol. The monoisotopic (exact) mass is 269 g/mol. The van der Waals surface area contributed by atoms with E-state index in [1.54, 1.807) is 4.90 Å². The minimum Gasteiger partial charge on any atom is -0.481 e. The van der Waals surface area contributed by atoms with Crippen molar-refractivity contribution >= 4 is 23.2 Å². The third-order valence-electron chi connectivity index (χ3n) is 2.69. The van der Waals surface area contributed by atoms with Crippen molar-refractivity contribution in [1.29, 1.82) is 0 Å². The zero-order valence-electron chi connectivity index (χ0n) is 11.2. The number of thiophene rings is 1. The number of carbonyl (C=O) groups is 2. The van der Waals surface area contributed by atoms with Crippen molar-refractivity contribution in [2.45, 2.75) is 39.7 Å². The number of aryl methyl sites for hydroxylation is 1. The van der Waals surface area contributed by atoms with Crippen LogP contribution in [0.1, 0.15) is 43.1 Å². The number of carbonyl (C=O) groups excluding carboxylic acids is 1. The molecule has 0 bridgehead atoms. The van der Waals surface area contributed by atoms with Crippen LogP contribution in [0.3, 0.4) is 0 Å². The van der Waals surface area contributed by atoms with Crippen molar-refractivity contribution < 1.29 is 14.7 Å². The van der Waals surface area contributed by atoms with Gasteiger partial charge in [-0.15, -0.1) is 0 Å². The zero-order valence-corrected chi connectivity index (χ0v) is 12.0. The van der Waals surface area contributed by atoms with E-state index in [-0.39, 0.29) is 24.4 Å². The second-order valence-electron chi connectivity index (χ2n) is 5.24. The highest BCUT2D eigenvalue weighted by Gasteiger charge is 2.28. The van der Waals surface area contributed by atoms with Crippen molar-refractivity contribution in [3.8, 4) is 0 Å². The molecule has 1 heterocycles. The molecule has 0 aliphatic heterocycles. The van der Waals surface area contributed by atoms with Crippen LogP contribution in [0, 0.1) is 6.92 Å². The maximum atomic E-state index is 12.4. The third kappa shape index (κ3) is 3.57. The molecule has 0 saturated carbocycles. The van der Waals surface area contributed by atoms with Gasteiger partial charge in [-0.3, -0.25) is 9.59 Å². The zero-order chi connectivity index (χ0) is 13.9. The Morgan fingerprint density at radius 1 is 1.33 bits per heavy atom. The number of carboxylic acids is 1. The van der Waals surface area contributed by atoms with E-state index in [2.05, 4.69) is 0 Å². The first-order valence-electron chi connectivity index (χ1n) is 5.80. The number of aliphatic carboxylic acids is 1. The molecule has 1 amide bonds. The first kappa shape index (κ1) is 14.7. The van der Waals surface area contributed by atoms with Crippen molar-refractivity contribution in [2.75, 3.05) is 6.54 Å². The summed E-state index contributed by atoms with van der Waals surface area (Å²) in [7, 11) is 0. The van der Waals surface area contributed by atoms with Crippen LogP contribution in [0.15, 0.2) is 10.8 Å². The predicted octanol–water partition coefficient (Wildman–Crippen LogP) is 2.77. The number of rotatable bonds is 4. The molecule has 0 aromatic carbocycles. The molecule has 5 heteroatoms. The highest BCUT2D eigenvalue weighted by Crippen LogP contribution is 2.22. The minimum absolute atomic E-state index is 0.0355. The Morgan fingerprint density at radius 3 is 2.33 bits per heavy atom. The summed E-state index contributed by atoms with van der Waals surface area (Å²) in [5.74, 6) is -0.985. The fraction of sp³-hybridized carbons (Fsp3) is 0.538. The lowest BCUT2D eigenvalue weighted by Crippen LogP contribution is -2.46. The fourth-order valence-corrected chi connectivity index (χ4v) is 2.50. The van der Waals surface area contributed by atoms with E-state index in [1.807, 2.05) is 38.5 Å². The number of hydrogen-bond donors (Lipinski definition) is 1. The highest BCUT2D eigenvalue weighted by molar-refractivity contribution is 7.08. The lowest BCUT2D eigenvalue weighted by Gasteiger charge is -2.35. The summed E-state index contributed by atoms with van der Waals surface area (Å²) in [6.07, 6.45) is -0.0355. The first-order valence-corrected chi connectivity index (χ1v) is 6.74. The van der Waals surface area contributed by atoms with Gasteiger partial charge in [0.15, 0.2) is 0 Å². The molecule has 0 fully saturated rings. The van der Waals surface area contributed by atoms with Crippen LogP contribution in [0.4, 0.5) is 0 Å². The van der Waals surface area contributed by atoms with Crippen LogP contribution in [0.25, 0.3) is 0 Å². The number of amides is 1. The summed E-state index contributed by atoms with van der Waals surface area (Å²) in [5.41, 5.74) is 1.22. The minimum atomic E-state index is -0.890. The summed E-state index contributed by atoms with van der Waals surface area (Å²) in [4.78, 5) is 24.7. The summed E-state index contributed by atoms with van der Waals surface area (Å²) >= 11 is 1.48. The van der Waals surface area contributed by atoms with Crippen molar-refractivity contribution in [1.82, 2.24) is 4.90 Å². The molecular weight excluding hydrogens is 250 g/mol. The molecule has 1 N–H and O–H groups in total. The van der Waals surface area contributed by atoms with Gasteiger partial charge in [0.25, 0.3) is 5.91 Å². The molecule has 0 unspecified atom stereocenters. The van der Waals surface area contributed by atoms with Gasteiger partial charge in [0.05, 0.1) is 12.0 Å². The Labute approximate surface area is 111 Å². The number of hydrogen-bond acceptors (Lipinski definition) is 3. The molecule has 1 aromatic heterocycles. The summed E-state index contributed by atoms with van der Waals surface area (Å²) in [6.45, 7) is 7.85. The van der Waals surface area contributed by atoms with Crippen LogP contribution in [-0.2, 0) is 4.79 Å². The third-order valence-corrected chi connectivity index (χ3v) is 3.55. The molecule has 1 aromatic rings. The van der Waals surface area contributed by atoms with Gasteiger partial charge in [0.1, 0.15) is 0 Å². The molecule has 100 valence electrons. The highest BCUT2D eigenvalue weighted by atomic mass is 32.1. The lowest BCUT2D eigenvalue weighted by atomic mass is 10.0.